The van der Waals surface area contributed by atoms with Crippen molar-refractivity contribution in [1.82, 2.24) is 0 Å². The molecule has 0 amide bonds. The van der Waals surface area contributed by atoms with Crippen molar-refractivity contribution < 1.29 is 14.3 Å². The molecule has 0 bridgehead atoms. The molecule has 64 valence electrons. The van der Waals surface area contributed by atoms with Gasteiger partial charge >= 0.3 is 5.97 Å². The van der Waals surface area contributed by atoms with Gasteiger partial charge in [-0.05, 0) is 18.1 Å². The molecule has 0 aromatic heterocycles. The standard InChI is InChI=1S/C9H9FO2/c1-6-3-2-4-7(9(11)12)8(10)5-6/h2-6H,1H3,(H,11,12). The highest BCUT2D eigenvalue weighted by molar-refractivity contribution is 5.91. The Morgan fingerprint density at radius 2 is 2.33 bits per heavy atom. The average Bonchev–Trinajstić information content (AvgIpc) is 2.10. The highest BCUT2D eigenvalue weighted by Crippen LogP contribution is 2.18. The highest BCUT2D eigenvalue weighted by Gasteiger charge is 2.14. The van der Waals surface area contributed by atoms with Gasteiger partial charge in [0.25, 0.3) is 0 Å². The van der Waals surface area contributed by atoms with Crippen LogP contribution in [-0.2, 0) is 4.79 Å². The lowest BCUT2D eigenvalue weighted by Crippen LogP contribution is -2.00. The Morgan fingerprint density at radius 3 is 2.92 bits per heavy atom. The van der Waals surface area contributed by atoms with Gasteiger partial charge in [-0.25, -0.2) is 9.18 Å². The first kappa shape index (κ1) is 8.71. The number of hydrogen-bond donors (Lipinski definition) is 1. The Kier molecular flexibility index (Phi) is 2.43. The number of rotatable bonds is 1. The van der Waals surface area contributed by atoms with Gasteiger partial charge in [-0.3, -0.25) is 0 Å². The van der Waals surface area contributed by atoms with E-state index in [-0.39, 0.29) is 11.5 Å². The molecule has 0 aromatic rings. The van der Waals surface area contributed by atoms with Gasteiger partial charge in [0.1, 0.15) is 5.83 Å². The molecule has 1 atom stereocenters. The van der Waals surface area contributed by atoms with E-state index >= 15 is 0 Å². The SMILES string of the molecule is CC1C=CC=C(C(=O)O)C(F)=C1. The van der Waals surface area contributed by atoms with Gasteiger partial charge in [-0.15, -0.1) is 0 Å². The maximum atomic E-state index is 13.0. The second-order valence-electron chi connectivity index (χ2n) is 2.64. The van der Waals surface area contributed by atoms with Gasteiger partial charge in [-0.2, -0.15) is 0 Å². The van der Waals surface area contributed by atoms with E-state index < -0.39 is 11.8 Å². The quantitative estimate of drug-likeness (QED) is 0.650. The summed E-state index contributed by atoms with van der Waals surface area (Å²) in [7, 11) is 0. The Morgan fingerprint density at radius 1 is 1.67 bits per heavy atom. The van der Waals surface area contributed by atoms with Crippen molar-refractivity contribution in [2.75, 3.05) is 0 Å². The topological polar surface area (TPSA) is 37.3 Å². The Balaban J connectivity index is 3.02. The van der Waals surface area contributed by atoms with Crippen LogP contribution in [0.4, 0.5) is 4.39 Å². The monoisotopic (exact) mass is 168 g/mol. The average molecular weight is 168 g/mol. The van der Waals surface area contributed by atoms with Crippen molar-refractivity contribution in [3.05, 3.63) is 35.7 Å². The van der Waals surface area contributed by atoms with Gasteiger partial charge in [0.05, 0.1) is 5.57 Å². The van der Waals surface area contributed by atoms with Crippen LogP contribution in [0.2, 0.25) is 0 Å². The van der Waals surface area contributed by atoms with Crippen molar-refractivity contribution in [2.45, 2.75) is 6.92 Å². The first-order valence-corrected chi connectivity index (χ1v) is 3.60. The number of hydrogen-bond acceptors (Lipinski definition) is 1. The third kappa shape index (κ3) is 1.81. The minimum atomic E-state index is -1.23. The van der Waals surface area contributed by atoms with Crippen molar-refractivity contribution in [1.29, 1.82) is 0 Å². The molecule has 1 aliphatic rings. The van der Waals surface area contributed by atoms with E-state index in [9.17, 15) is 9.18 Å². The molecule has 0 aromatic carbocycles. The molecule has 0 aliphatic heterocycles. The highest BCUT2D eigenvalue weighted by atomic mass is 19.1. The molecule has 12 heavy (non-hydrogen) atoms. The molecule has 0 fully saturated rings. The number of aliphatic carboxylic acids is 1. The summed E-state index contributed by atoms with van der Waals surface area (Å²) in [6.07, 6.45) is 5.83. The van der Waals surface area contributed by atoms with Crippen LogP contribution in [-0.4, -0.2) is 11.1 Å². The van der Waals surface area contributed by atoms with E-state index in [1.807, 2.05) is 0 Å². The normalized spacial score (nSPS) is 22.7. The van der Waals surface area contributed by atoms with Gasteiger partial charge in [0.2, 0.25) is 0 Å². The van der Waals surface area contributed by atoms with E-state index in [4.69, 9.17) is 5.11 Å². The van der Waals surface area contributed by atoms with Crippen LogP contribution in [0, 0.1) is 5.92 Å². The molecule has 3 heteroatoms. The summed E-state index contributed by atoms with van der Waals surface area (Å²) < 4.78 is 13.0. The van der Waals surface area contributed by atoms with Gasteiger partial charge in [0.15, 0.2) is 0 Å². The van der Waals surface area contributed by atoms with Crippen molar-refractivity contribution in [2.24, 2.45) is 5.92 Å². The smallest absolute Gasteiger partial charge is 0.338 e. The lowest BCUT2D eigenvalue weighted by Gasteiger charge is -1.97. The zero-order valence-corrected chi connectivity index (χ0v) is 6.62. The van der Waals surface area contributed by atoms with Crippen molar-refractivity contribution in [3.63, 3.8) is 0 Å². The molecule has 0 spiro atoms. The summed E-state index contributed by atoms with van der Waals surface area (Å²) in [5.41, 5.74) is -0.282. The van der Waals surface area contributed by atoms with Crippen LogP contribution in [0.5, 0.6) is 0 Å². The largest absolute Gasteiger partial charge is 0.478 e. The molecule has 1 rings (SSSR count). The molecule has 2 nitrogen and oxygen atoms in total. The third-order valence-corrected chi connectivity index (χ3v) is 1.57. The van der Waals surface area contributed by atoms with Gasteiger partial charge < -0.3 is 5.11 Å². The van der Waals surface area contributed by atoms with Crippen LogP contribution in [0.25, 0.3) is 0 Å². The Bertz CT molecular complexity index is 287. The number of halogens is 1. The fourth-order valence-electron chi connectivity index (χ4n) is 0.956. The molecule has 0 saturated carbocycles. The maximum absolute atomic E-state index is 13.0. The van der Waals surface area contributed by atoms with E-state index in [0.29, 0.717) is 0 Å². The van der Waals surface area contributed by atoms with E-state index in [1.54, 1.807) is 19.1 Å². The summed E-state index contributed by atoms with van der Waals surface area (Å²) in [5.74, 6) is -1.96. The minimum absolute atomic E-state index is 0.0573. The van der Waals surface area contributed by atoms with Crippen LogP contribution < -0.4 is 0 Å². The second kappa shape index (κ2) is 3.34. The van der Waals surface area contributed by atoms with E-state index in [0.717, 1.165) is 0 Å². The summed E-state index contributed by atoms with van der Waals surface area (Å²) in [6.45, 7) is 1.79. The molecular weight excluding hydrogens is 159 g/mol. The predicted molar refractivity (Wildman–Crippen MR) is 43.2 cm³/mol. The summed E-state index contributed by atoms with van der Waals surface area (Å²) in [4.78, 5) is 10.4. The molecule has 1 unspecified atom stereocenters. The number of carboxylic acids is 1. The molecule has 1 N–H and O–H groups in total. The zero-order valence-electron chi connectivity index (χ0n) is 6.62. The number of carboxylic acid groups (broad SMARTS) is 1. The fraction of sp³-hybridized carbons (Fsp3) is 0.222. The minimum Gasteiger partial charge on any atom is -0.478 e. The number of allylic oxidation sites excluding steroid dienone is 4. The van der Waals surface area contributed by atoms with Crippen molar-refractivity contribution in [3.8, 4) is 0 Å². The Hall–Kier alpha value is -1.38. The first-order valence-electron chi connectivity index (χ1n) is 3.60. The third-order valence-electron chi connectivity index (χ3n) is 1.57. The molecule has 0 radical (unpaired) electrons. The molecular formula is C9H9FO2. The number of carbonyl (C=O) groups is 1. The fourth-order valence-corrected chi connectivity index (χ4v) is 0.956. The zero-order chi connectivity index (χ0) is 9.14. The van der Waals surface area contributed by atoms with Crippen molar-refractivity contribution >= 4 is 5.97 Å². The van der Waals surface area contributed by atoms with Crippen LogP contribution in [0.15, 0.2) is 35.7 Å². The Labute approximate surface area is 69.7 Å². The lowest BCUT2D eigenvalue weighted by molar-refractivity contribution is -0.132. The van der Waals surface area contributed by atoms with Gasteiger partial charge in [-0.1, -0.05) is 19.1 Å². The molecule has 0 heterocycles. The van der Waals surface area contributed by atoms with Crippen LogP contribution >= 0.6 is 0 Å². The first-order chi connectivity index (χ1) is 5.61. The summed E-state index contributed by atoms with van der Waals surface area (Å²) in [6, 6.07) is 0. The lowest BCUT2D eigenvalue weighted by atomic mass is 10.1. The van der Waals surface area contributed by atoms with Crippen LogP contribution in [0.1, 0.15) is 6.92 Å². The van der Waals surface area contributed by atoms with Gasteiger partial charge in [0, 0.05) is 0 Å². The second-order valence-corrected chi connectivity index (χ2v) is 2.64. The van der Waals surface area contributed by atoms with E-state index in [1.165, 1.54) is 12.2 Å². The predicted octanol–water partition coefficient (Wildman–Crippen LogP) is 2.06. The molecule has 1 aliphatic carbocycles. The molecule has 0 saturated heterocycles. The summed E-state index contributed by atoms with van der Waals surface area (Å²) in [5, 5.41) is 8.54. The van der Waals surface area contributed by atoms with Crippen LogP contribution in [0.3, 0.4) is 0 Å². The maximum Gasteiger partial charge on any atom is 0.338 e. The van der Waals surface area contributed by atoms with E-state index in [2.05, 4.69) is 0 Å². The summed E-state index contributed by atoms with van der Waals surface area (Å²) >= 11 is 0.